The maximum absolute atomic E-state index is 2.35. The summed E-state index contributed by atoms with van der Waals surface area (Å²) in [5, 5.41) is 0. The van der Waals surface area contributed by atoms with Crippen molar-refractivity contribution in [3.63, 3.8) is 0 Å². The Morgan fingerprint density at radius 3 is 0.923 bits per heavy atom. The predicted octanol–water partition coefficient (Wildman–Crippen LogP) is 14.2. The molecule has 7 aromatic carbocycles. The second-order valence-corrected chi connectivity index (χ2v) is 16.2. The topological polar surface area (TPSA) is 0 Å². The van der Waals surface area contributed by atoms with E-state index in [0.717, 1.165) is 0 Å². The van der Waals surface area contributed by atoms with Gasteiger partial charge in [-0.05, 0) is 139 Å². The molecule has 52 heavy (non-hydrogen) atoms. The number of hydrogen-bond donors (Lipinski definition) is 0. The first kappa shape index (κ1) is 32.4. The molecule has 2 aliphatic rings. The van der Waals surface area contributed by atoms with Crippen LogP contribution in [0.5, 0.6) is 0 Å². The van der Waals surface area contributed by atoms with Crippen molar-refractivity contribution in [3.8, 4) is 66.8 Å². The fourth-order valence-electron chi connectivity index (χ4n) is 9.80. The van der Waals surface area contributed by atoms with Crippen LogP contribution in [0.15, 0.2) is 133 Å². The summed E-state index contributed by atoms with van der Waals surface area (Å²) in [6.45, 7) is 18.6. The quantitative estimate of drug-likeness (QED) is 0.175. The average molecular weight is 671 g/mol. The number of hydrogen-bond acceptors (Lipinski definition) is 0. The van der Waals surface area contributed by atoms with Crippen molar-refractivity contribution in [2.24, 2.45) is 0 Å². The van der Waals surface area contributed by atoms with Gasteiger partial charge in [0.2, 0.25) is 0 Å². The van der Waals surface area contributed by atoms with Crippen LogP contribution in [0.3, 0.4) is 0 Å². The Labute approximate surface area is 309 Å². The maximum atomic E-state index is 2.35. The minimum Gasteiger partial charge on any atom is -0.0619 e. The molecule has 0 amide bonds. The minimum absolute atomic E-state index is 0.00177. The number of fused-ring (bicyclic) bond motifs is 6. The van der Waals surface area contributed by atoms with Crippen LogP contribution in [0.4, 0.5) is 0 Å². The largest absolute Gasteiger partial charge is 0.0619 e. The van der Waals surface area contributed by atoms with Crippen molar-refractivity contribution in [1.82, 2.24) is 0 Å². The van der Waals surface area contributed by atoms with E-state index in [1.165, 1.54) is 111 Å². The summed E-state index contributed by atoms with van der Waals surface area (Å²) in [6.07, 6.45) is 0. The van der Waals surface area contributed by atoms with Gasteiger partial charge in [0.15, 0.2) is 0 Å². The van der Waals surface area contributed by atoms with Crippen LogP contribution in [0.25, 0.3) is 66.8 Å². The summed E-state index contributed by atoms with van der Waals surface area (Å²) < 4.78 is 0. The van der Waals surface area contributed by atoms with Gasteiger partial charge in [-0.3, -0.25) is 0 Å². The molecule has 9 rings (SSSR count). The van der Waals surface area contributed by atoms with Gasteiger partial charge in [-0.25, -0.2) is 0 Å². The molecule has 0 bridgehead atoms. The van der Waals surface area contributed by atoms with Crippen LogP contribution in [0.1, 0.15) is 72.2 Å². The first-order valence-electron chi connectivity index (χ1n) is 18.8. The van der Waals surface area contributed by atoms with E-state index in [9.17, 15) is 0 Å². The molecule has 0 radical (unpaired) electrons. The Kier molecular flexibility index (Phi) is 7.19. The molecular formula is C52H46. The van der Waals surface area contributed by atoms with Gasteiger partial charge < -0.3 is 0 Å². The zero-order valence-corrected chi connectivity index (χ0v) is 31.7. The monoisotopic (exact) mass is 670 g/mol. The fourth-order valence-corrected chi connectivity index (χ4v) is 9.80. The van der Waals surface area contributed by atoms with Gasteiger partial charge in [-0.1, -0.05) is 161 Å². The third kappa shape index (κ3) is 4.53. The Morgan fingerprint density at radius 2 is 0.558 bits per heavy atom. The lowest BCUT2D eigenvalue weighted by Gasteiger charge is -2.22. The van der Waals surface area contributed by atoms with E-state index in [-0.39, 0.29) is 10.8 Å². The van der Waals surface area contributed by atoms with E-state index < -0.39 is 0 Å². The highest BCUT2D eigenvalue weighted by Crippen LogP contribution is 2.53. The second-order valence-electron chi connectivity index (χ2n) is 16.2. The average Bonchev–Trinajstić information content (AvgIpc) is 3.55. The third-order valence-electron chi connectivity index (χ3n) is 12.8. The Balaban J connectivity index is 1.07. The molecule has 0 nitrogen and oxygen atoms in total. The first-order valence-corrected chi connectivity index (χ1v) is 18.8. The van der Waals surface area contributed by atoms with Crippen LogP contribution < -0.4 is 0 Å². The highest BCUT2D eigenvalue weighted by molar-refractivity contribution is 5.95. The smallest absolute Gasteiger partial charge is 0.0159 e. The van der Waals surface area contributed by atoms with E-state index in [4.69, 9.17) is 0 Å². The molecule has 0 aromatic heterocycles. The van der Waals surface area contributed by atoms with Crippen LogP contribution in [-0.2, 0) is 10.8 Å². The molecule has 0 spiro atoms. The van der Waals surface area contributed by atoms with Crippen LogP contribution in [-0.4, -0.2) is 0 Å². The summed E-state index contributed by atoms with van der Waals surface area (Å²) in [4.78, 5) is 0. The summed E-state index contributed by atoms with van der Waals surface area (Å²) >= 11 is 0. The van der Waals surface area contributed by atoms with Crippen molar-refractivity contribution in [2.75, 3.05) is 0 Å². The minimum atomic E-state index is -0.00177. The van der Waals surface area contributed by atoms with Crippen molar-refractivity contribution >= 4 is 0 Å². The van der Waals surface area contributed by atoms with Gasteiger partial charge in [0.1, 0.15) is 0 Å². The molecule has 0 heterocycles. The molecule has 0 fully saturated rings. The van der Waals surface area contributed by atoms with Crippen molar-refractivity contribution in [1.29, 1.82) is 0 Å². The summed E-state index contributed by atoms with van der Waals surface area (Å²) in [5.74, 6) is 0. The molecule has 0 heteroatoms. The van der Waals surface area contributed by atoms with Gasteiger partial charge in [0, 0.05) is 10.8 Å². The molecule has 0 N–H and O–H groups in total. The number of benzene rings is 7. The molecule has 0 atom stereocenters. The second kappa shape index (κ2) is 11.5. The Hall–Kier alpha value is -5.46. The summed E-state index contributed by atoms with van der Waals surface area (Å²) in [7, 11) is 0. The van der Waals surface area contributed by atoms with Gasteiger partial charge in [0.05, 0.1) is 0 Å². The van der Waals surface area contributed by atoms with Crippen molar-refractivity contribution < 1.29 is 0 Å². The molecule has 7 aromatic rings. The molecule has 0 unspecified atom stereocenters. The van der Waals surface area contributed by atoms with Crippen LogP contribution in [0.2, 0.25) is 0 Å². The van der Waals surface area contributed by atoms with Gasteiger partial charge in [-0.2, -0.15) is 0 Å². The predicted molar refractivity (Wildman–Crippen MR) is 222 cm³/mol. The summed E-state index contributed by atoms with van der Waals surface area (Å²) in [5.41, 5.74) is 27.0. The van der Waals surface area contributed by atoms with E-state index in [0.29, 0.717) is 0 Å². The summed E-state index contributed by atoms with van der Waals surface area (Å²) in [6, 6.07) is 50.2. The van der Waals surface area contributed by atoms with E-state index in [1.807, 2.05) is 0 Å². The zero-order chi connectivity index (χ0) is 36.1. The Bertz CT molecular complexity index is 2360. The van der Waals surface area contributed by atoms with Gasteiger partial charge in [0.25, 0.3) is 0 Å². The van der Waals surface area contributed by atoms with Gasteiger partial charge in [-0.15, -0.1) is 0 Å². The highest BCUT2D eigenvalue weighted by atomic mass is 14.4. The van der Waals surface area contributed by atoms with E-state index in [1.54, 1.807) is 0 Å². The van der Waals surface area contributed by atoms with Crippen molar-refractivity contribution in [3.05, 3.63) is 178 Å². The standard InChI is InChI=1S/C52H46/c1-31-32(2)48(38-29-25-36(26-30-38)40-18-14-22-46-50(40)42-16-10-12-20-44(42)52(46,7)8)34(4)33(3)47(31)37-27-23-35(24-28-37)39-17-13-21-45-49(39)41-15-9-11-19-43(41)51(45,5)6/h9-30H,1-8H3. The molecule has 0 saturated heterocycles. The third-order valence-corrected chi connectivity index (χ3v) is 12.8. The lowest BCUT2D eigenvalue weighted by molar-refractivity contribution is 0.660. The first-order chi connectivity index (χ1) is 25.0. The molecule has 2 aliphatic carbocycles. The maximum Gasteiger partial charge on any atom is 0.0159 e. The molecule has 0 saturated carbocycles. The zero-order valence-electron chi connectivity index (χ0n) is 31.7. The van der Waals surface area contributed by atoms with Crippen LogP contribution >= 0.6 is 0 Å². The lowest BCUT2D eigenvalue weighted by Crippen LogP contribution is -2.14. The molecular weight excluding hydrogens is 625 g/mol. The Morgan fingerprint density at radius 1 is 0.269 bits per heavy atom. The van der Waals surface area contributed by atoms with E-state index >= 15 is 0 Å². The lowest BCUT2D eigenvalue weighted by atomic mass is 9.81. The SMILES string of the molecule is Cc1c(C)c(-c2ccc(-c3cccc4c3-c3ccccc3C4(C)C)cc2)c(C)c(C)c1-c1ccc(-c2cccc3c2-c2ccccc2C3(C)C)cc1. The van der Waals surface area contributed by atoms with E-state index in [2.05, 4.69) is 189 Å². The normalized spacial score (nSPS) is 14.5. The van der Waals surface area contributed by atoms with Crippen molar-refractivity contribution in [2.45, 2.75) is 66.2 Å². The highest BCUT2D eigenvalue weighted by Gasteiger charge is 2.37. The van der Waals surface area contributed by atoms with Crippen LogP contribution in [0, 0.1) is 27.7 Å². The molecule has 0 aliphatic heterocycles. The number of rotatable bonds is 4. The molecule has 254 valence electrons. The fraction of sp³-hybridized carbons (Fsp3) is 0.192. The van der Waals surface area contributed by atoms with Gasteiger partial charge >= 0.3 is 0 Å².